The van der Waals surface area contributed by atoms with Crippen molar-refractivity contribution in [3.05, 3.63) is 23.3 Å². The van der Waals surface area contributed by atoms with E-state index in [4.69, 9.17) is 0 Å². The second-order valence-electron chi connectivity index (χ2n) is 5.65. The minimum atomic E-state index is -0.703. The third-order valence-electron chi connectivity index (χ3n) is 4.18. The summed E-state index contributed by atoms with van der Waals surface area (Å²) in [5.74, 6) is -0.193. The molecule has 1 aliphatic heterocycles. The molecule has 0 radical (unpaired) electrons. The lowest BCUT2D eigenvalue weighted by Gasteiger charge is -2.18. The summed E-state index contributed by atoms with van der Waals surface area (Å²) < 4.78 is 0. The summed E-state index contributed by atoms with van der Waals surface area (Å²) in [6.07, 6.45) is 10.5. The van der Waals surface area contributed by atoms with E-state index in [2.05, 4.69) is 6.08 Å². The van der Waals surface area contributed by atoms with Crippen LogP contribution in [0.4, 0.5) is 0 Å². The summed E-state index contributed by atoms with van der Waals surface area (Å²) in [4.78, 5) is 36.1. The number of amides is 2. The topological polar surface area (TPSA) is 54.5 Å². The number of rotatable bonds is 4. The van der Waals surface area contributed by atoms with Crippen LogP contribution in [0.25, 0.3) is 0 Å². The van der Waals surface area contributed by atoms with Gasteiger partial charge in [0.1, 0.15) is 6.29 Å². The lowest BCUT2D eigenvalue weighted by molar-refractivity contribution is -0.142. The summed E-state index contributed by atoms with van der Waals surface area (Å²) >= 11 is 0. The van der Waals surface area contributed by atoms with Gasteiger partial charge in [0.15, 0.2) is 0 Å². The van der Waals surface area contributed by atoms with Crippen LogP contribution in [0.1, 0.15) is 46.0 Å². The van der Waals surface area contributed by atoms with E-state index in [1.807, 2.05) is 0 Å². The number of carbonyl (C=O) groups excluding carboxylic acids is 3. The average molecular weight is 275 g/mol. The molecule has 4 heteroatoms. The molecule has 108 valence electrons. The van der Waals surface area contributed by atoms with Crippen molar-refractivity contribution in [3.63, 3.8) is 0 Å². The Morgan fingerprint density at radius 3 is 2.40 bits per heavy atom. The van der Waals surface area contributed by atoms with Crippen LogP contribution in [0.3, 0.4) is 0 Å². The second kappa shape index (κ2) is 6.16. The molecule has 0 bridgehead atoms. The molecule has 1 unspecified atom stereocenters. The third-order valence-corrected chi connectivity index (χ3v) is 4.18. The maximum Gasteiger partial charge on any atom is 0.261 e. The predicted octanol–water partition coefficient (Wildman–Crippen LogP) is 2.40. The van der Waals surface area contributed by atoms with Crippen molar-refractivity contribution in [1.82, 2.24) is 4.90 Å². The molecule has 1 atom stereocenters. The summed E-state index contributed by atoms with van der Waals surface area (Å²) in [5, 5.41) is 0. The Hall–Kier alpha value is -1.71. The van der Waals surface area contributed by atoms with Crippen LogP contribution in [-0.4, -0.2) is 29.0 Å². The molecule has 0 aromatic carbocycles. The first kappa shape index (κ1) is 14.7. The highest BCUT2D eigenvalue weighted by Gasteiger charge is 2.37. The van der Waals surface area contributed by atoms with E-state index in [1.165, 1.54) is 19.3 Å². The maximum atomic E-state index is 12.2. The standard InChI is InChI=1S/C16H21NO3/c1-11(10-18)17-15(19)12(2)14(16(17)20)9-8-13-6-4-3-5-7-13/h8-11,13H,3-7H2,1-2H3/b9-8-. The van der Waals surface area contributed by atoms with Gasteiger partial charge in [-0.3, -0.25) is 14.5 Å². The zero-order valence-electron chi connectivity index (χ0n) is 12.1. The third kappa shape index (κ3) is 2.74. The molecular weight excluding hydrogens is 254 g/mol. The fourth-order valence-corrected chi connectivity index (χ4v) is 2.86. The number of allylic oxidation sites excluding steroid dienone is 1. The van der Waals surface area contributed by atoms with Gasteiger partial charge >= 0.3 is 0 Å². The lowest BCUT2D eigenvalue weighted by atomic mass is 9.88. The van der Waals surface area contributed by atoms with Crippen molar-refractivity contribution in [2.45, 2.75) is 52.0 Å². The summed E-state index contributed by atoms with van der Waals surface area (Å²) in [5.41, 5.74) is 0.880. The molecular formula is C16H21NO3. The van der Waals surface area contributed by atoms with Gasteiger partial charge in [0.05, 0.1) is 6.04 Å². The predicted molar refractivity (Wildman–Crippen MR) is 75.8 cm³/mol. The van der Waals surface area contributed by atoms with Crippen LogP contribution in [-0.2, 0) is 14.4 Å². The Balaban J connectivity index is 2.14. The zero-order chi connectivity index (χ0) is 14.7. The van der Waals surface area contributed by atoms with Crippen LogP contribution in [0, 0.1) is 5.92 Å². The minimum absolute atomic E-state index is 0.348. The lowest BCUT2D eigenvalue weighted by Crippen LogP contribution is -2.40. The highest BCUT2D eigenvalue weighted by molar-refractivity contribution is 6.21. The van der Waals surface area contributed by atoms with Crippen LogP contribution in [0.15, 0.2) is 23.3 Å². The van der Waals surface area contributed by atoms with E-state index in [1.54, 1.807) is 19.9 Å². The number of hydrogen-bond acceptors (Lipinski definition) is 3. The van der Waals surface area contributed by atoms with Crippen LogP contribution in [0.2, 0.25) is 0 Å². The Kier molecular flexibility index (Phi) is 4.53. The Bertz CT molecular complexity index is 484. The average Bonchev–Trinajstić information content (AvgIpc) is 2.68. The Labute approximate surface area is 119 Å². The molecule has 1 saturated carbocycles. The van der Waals surface area contributed by atoms with E-state index in [0.717, 1.165) is 17.7 Å². The number of aldehydes is 1. The first-order chi connectivity index (χ1) is 9.56. The van der Waals surface area contributed by atoms with Crippen molar-refractivity contribution in [3.8, 4) is 0 Å². The molecule has 2 aliphatic rings. The van der Waals surface area contributed by atoms with Gasteiger partial charge in [-0.1, -0.05) is 31.4 Å². The number of imide groups is 1. The highest BCUT2D eigenvalue weighted by Crippen LogP contribution is 2.27. The molecule has 1 aliphatic carbocycles. The van der Waals surface area contributed by atoms with Gasteiger partial charge in [0.2, 0.25) is 0 Å². The van der Waals surface area contributed by atoms with Gasteiger partial charge in [0, 0.05) is 11.1 Å². The van der Waals surface area contributed by atoms with Gasteiger partial charge in [-0.2, -0.15) is 0 Å². The number of nitrogens with zero attached hydrogens (tertiary/aromatic N) is 1. The summed E-state index contributed by atoms with van der Waals surface area (Å²) in [6.45, 7) is 3.21. The van der Waals surface area contributed by atoms with Crippen LogP contribution >= 0.6 is 0 Å². The molecule has 1 heterocycles. The molecule has 0 aromatic heterocycles. The summed E-state index contributed by atoms with van der Waals surface area (Å²) in [6, 6.07) is -0.703. The van der Waals surface area contributed by atoms with Crippen molar-refractivity contribution in [1.29, 1.82) is 0 Å². The Morgan fingerprint density at radius 1 is 1.15 bits per heavy atom. The van der Waals surface area contributed by atoms with E-state index in [-0.39, 0.29) is 11.8 Å². The molecule has 20 heavy (non-hydrogen) atoms. The van der Waals surface area contributed by atoms with Crippen molar-refractivity contribution >= 4 is 18.1 Å². The fourth-order valence-electron chi connectivity index (χ4n) is 2.86. The SMILES string of the molecule is CC1=C(/C=C\C2CCCCC2)C(=O)N(C(C)C=O)C1=O. The van der Waals surface area contributed by atoms with E-state index in [9.17, 15) is 14.4 Å². The highest BCUT2D eigenvalue weighted by atomic mass is 16.2. The van der Waals surface area contributed by atoms with E-state index in [0.29, 0.717) is 23.4 Å². The van der Waals surface area contributed by atoms with Crippen molar-refractivity contribution < 1.29 is 14.4 Å². The van der Waals surface area contributed by atoms with Gasteiger partial charge in [-0.25, -0.2) is 0 Å². The summed E-state index contributed by atoms with van der Waals surface area (Å²) in [7, 11) is 0. The second-order valence-corrected chi connectivity index (χ2v) is 5.65. The van der Waals surface area contributed by atoms with Crippen LogP contribution < -0.4 is 0 Å². The van der Waals surface area contributed by atoms with Gasteiger partial charge in [-0.05, 0) is 32.6 Å². The van der Waals surface area contributed by atoms with Crippen LogP contribution in [0.5, 0.6) is 0 Å². The number of hydrogen-bond donors (Lipinski definition) is 0. The monoisotopic (exact) mass is 275 g/mol. The zero-order valence-corrected chi connectivity index (χ0v) is 12.1. The van der Waals surface area contributed by atoms with E-state index < -0.39 is 6.04 Å². The molecule has 0 spiro atoms. The normalized spacial score (nSPS) is 23.0. The molecule has 4 nitrogen and oxygen atoms in total. The molecule has 1 fully saturated rings. The first-order valence-corrected chi connectivity index (χ1v) is 7.28. The largest absolute Gasteiger partial charge is 0.301 e. The maximum absolute atomic E-state index is 12.2. The molecule has 0 N–H and O–H groups in total. The number of carbonyl (C=O) groups is 3. The van der Waals surface area contributed by atoms with Crippen molar-refractivity contribution in [2.24, 2.45) is 5.92 Å². The molecule has 0 saturated heterocycles. The molecule has 2 rings (SSSR count). The Morgan fingerprint density at radius 2 is 1.80 bits per heavy atom. The smallest absolute Gasteiger partial charge is 0.261 e. The first-order valence-electron chi connectivity index (χ1n) is 7.28. The van der Waals surface area contributed by atoms with Gasteiger partial charge in [0.25, 0.3) is 11.8 Å². The quantitative estimate of drug-likeness (QED) is 0.585. The van der Waals surface area contributed by atoms with Crippen molar-refractivity contribution in [2.75, 3.05) is 0 Å². The molecule has 2 amide bonds. The fraction of sp³-hybridized carbons (Fsp3) is 0.562. The van der Waals surface area contributed by atoms with Gasteiger partial charge in [-0.15, -0.1) is 0 Å². The minimum Gasteiger partial charge on any atom is -0.301 e. The molecule has 0 aromatic rings. The van der Waals surface area contributed by atoms with Gasteiger partial charge < -0.3 is 4.79 Å². The van der Waals surface area contributed by atoms with E-state index >= 15 is 0 Å².